The van der Waals surface area contributed by atoms with E-state index in [0.717, 1.165) is 5.56 Å². The summed E-state index contributed by atoms with van der Waals surface area (Å²) < 4.78 is 16.1. The molecule has 0 saturated carbocycles. The average Bonchev–Trinajstić information content (AvgIpc) is 2.72. The number of ether oxygens (including phenoxy) is 3. The van der Waals surface area contributed by atoms with Crippen LogP contribution < -0.4 is 9.47 Å². The molecule has 0 bridgehead atoms. The van der Waals surface area contributed by atoms with Crippen LogP contribution in [0.5, 0.6) is 11.5 Å². The molecule has 6 heteroatoms. The lowest BCUT2D eigenvalue weighted by molar-refractivity contribution is -0.145. The van der Waals surface area contributed by atoms with Crippen molar-refractivity contribution in [2.24, 2.45) is 0 Å². The van der Waals surface area contributed by atoms with E-state index in [-0.39, 0.29) is 24.8 Å². The van der Waals surface area contributed by atoms with Crippen LogP contribution in [0.3, 0.4) is 0 Å². The number of para-hydroxylation sites is 2. The fourth-order valence-corrected chi connectivity index (χ4v) is 2.74. The third-order valence-corrected chi connectivity index (χ3v) is 4.14. The Hall–Kier alpha value is -3.02. The van der Waals surface area contributed by atoms with Crippen LogP contribution in [0, 0.1) is 0 Å². The summed E-state index contributed by atoms with van der Waals surface area (Å²) in [6, 6.07) is 16.8. The van der Waals surface area contributed by atoms with Gasteiger partial charge < -0.3 is 19.1 Å². The number of hydrogen-bond donors (Lipinski definition) is 0. The van der Waals surface area contributed by atoms with Crippen molar-refractivity contribution in [1.29, 1.82) is 0 Å². The van der Waals surface area contributed by atoms with Crippen molar-refractivity contribution in [3.8, 4) is 11.5 Å². The summed E-state index contributed by atoms with van der Waals surface area (Å²) in [6.07, 6.45) is -0.601. The Labute approximate surface area is 166 Å². The third-order valence-electron chi connectivity index (χ3n) is 4.14. The quantitative estimate of drug-likeness (QED) is 0.586. The highest BCUT2D eigenvalue weighted by Crippen LogP contribution is 2.27. The van der Waals surface area contributed by atoms with Gasteiger partial charge in [-0.2, -0.15) is 0 Å². The molecule has 6 nitrogen and oxygen atoms in total. The first-order valence-electron chi connectivity index (χ1n) is 9.33. The molecule has 0 aliphatic heterocycles. The highest BCUT2D eigenvalue weighted by Gasteiger charge is 2.24. The number of hydrogen-bond acceptors (Lipinski definition) is 5. The van der Waals surface area contributed by atoms with Crippen LogP contribution in [0.1, 0.15) is 25.8 Å². The molecule has 0 aromatic heterocycles. The number of carbonyl (C=O) groups excluding carboxylic acids is 2. The molecule has 0 spiro atoms. The van der Waals surface area contributed by atoms with Crippen LogP contribution in [0.15, 0.2) is 54.6 Å². The zero-order valence-electron chi connectivity index (χ0n) is 16.6. The summed E-state index contributed by atoms with van der Waals surface area (Å²) >= 11 is 0. The Morgan fingerprint density at radius 1 is 1.00 bits per heavy atom. The number of rotatable bonds is 10. The largest absolute Gasteiger partial charge is 0.493 e. The molecule has 0 heterocycles. The van der Waals surface area contributed by atoms with Gasteiger partial charge in [0.1, 0.15) is 0 Å². The number of carbonyl (C=O) groups is 2. The summed E-state index contributed by atoms with van der Waals surface area (Å²) in [5.74, 6) is 0.518. The number of amides is 1. The number of benzene rings is 2. The maximum Gasteiger partial charge on any atom is 0.307 e. The SMILES string of the molecule is CCOC(=O)CCN(Cc1ccccc1)C(=O)C(C)Oc1ccccc1OC. The first kappa shape index (κ1) is 21.3. The lowest BCUT2D eigenvalue weighted by atomic mass is 10.2. The van der Waals surface area contributed by atoms with Crippen LogP contribution in [0.2, 0.25) is 0 Å². The molecule has 0 fully saturated rings. The first-order chi connectivity index (χ1) is 13.5. The molecule has 28 heavy (non-hydrogen) atoms. The summed E-state index contributed by atoms with van der Waals surface area (Å²) in [4.78, 5) is 26.4. The van der Waals surface area contributed by atoms with Gasteiger partial charge in [-0.3, -0.25) is 9.59 Å². The summed E-state index contributed by atoms with van der Waals surface area (Å²) in [6.45, 7) is 4.41. The molecular weight excluding hydrogens is 358 g/mol. The van der Waals surface area contributed by atoms with Crippen LogP contribution >= 0.6 is 0 Å². The first-order valence-corrected chi connectivity index (χ1v) is 9.33. The Morgan fingerprint density at radius 2 is 1.64 bits per heavy atom. The molecule has 1 unspecified atom stereocenters. The van der Waals surface area contributed by atoms with Crippen molar-refractivity contribution in [3.63, 3.8) is 0 Å². The van der Waals surface area contributed by atoms with E-state index in [4.69, 9.17) is 14.2 Å². The molecule has 0 aliphatic carbocycles. The van der Waals surface area contributed by atoms with Gasteiger partial charge in [0.25, 0.3) is 5.91 Å². The molecule has 0 N–H and O–H groups in total. The third kappa shape index (κ3) is 6.30. The molecule has 1 atom stereocenters. The summed E-state index contributed by atoms with van der Waals surface area (Å²) in [5.41, 5.74) is 0.976. The van der Waals surface area contributed by atoms with Crippen LogP contribution in [0.4, 0.5) is 0 Å². The fourth-order valence-electron chi connectivity index (χ4n) is 2.74. The van der Waals surface area contributed by atoms with E-state index < -0.39 is 6.10 Å². The zero-order valence-corrected chi connectivity index (χ0v) is 16.6. The Kier molecular flexibility index (Phi) is 8.34. The van der Waals surface area contributed by atoms with Crippen molar-refractivity contribution in [1.82, 2.24) is 4.90 Å². The maximum atomic E-state index is 13.0. The molecule has 0 radical (unpaired) electrons. The highest BCUT2D eigenvalue weighted by atomic mass is 16.5. The number of esters is 1. The average molecular weight is 385 g/mol. The fraction of sp³-hybridized carbons (Fsp3) is 0.364. The molecule has 150 valence electrons. The zero-order chi connectivity index (χ0) is 20.4. The van der Waals surface area contributed by atoms with Crippen LogP contribution in [0.25, 0.3) is 0 Å². The van der Waals surface area contributed by atoms with E-state index in [1.54, 1.807) is 38.0 Å². The number of nitrogens with zero attached hydrogens (tertiary/aromatic N) is 1. The Bertz CT molecular complexity index is 763. The van der Waals surface area contributed by atoms with E-state index in [2.05, 4.69) is 0 Å². The minimum atomic E-state index is -0.734. The highest BCUT2D eigenvalue weighted by molar-refractivity contribution is 5.81. The second-order valence-corrected chi connectivity index (χ2v) is 6.21. The Balaban J connectivity index is 2.10. The van der Waals surface area contributed by atoms with E-state index in [1.165, 1.54) is 0 Å². The maximum absolute atomic E-state index is 13.0. The number of methoxy groups -OCH3 is 1. The smallest absolute Gasteiger partial charge is 0.307 e. The van der Waals surface area contributed by atoms with Gasteiger partial charge in [-0.25, -0.2) is 0 Å². The molecule has 2 rings (SSSR count). The van der Waals surface area contributed by atoms with E-state index in [9.17, 15) is 9.59 Å². The van der Waals surface area contributed by atoms with Crippen molar-refractivity contribution in [3.05, 3.63) is 60.2 Å². The van der Waals surface area contributed by atoms with Crippen molar-refractivity contribution in [2.75, 3.05) is 20.3 Å². The molecular formula is C22H27NO5. The Morgan fingerprint density at radius 3 is 2.29 bits per heavy atom. The normalized spacial score (nSPS) is 11.4. The van der Waals surface area contributed by atoms with Gasteiger partial charge in [0, 0.05) is 13.1 Å². The van der Waals surface area contributed by atoms with Crippen molar-refractivity contribution < 1.29 is 23.8 Å². The molecule has 2 aromatic rings. The second kappa shape index (κ2) is 11.0. The lowest BCUT2D eigenvalue weighted by Gasteiger charge is -2.26. The minimum absolute atomic E-state index is 0.133. The molecule has 0 saturated heterocycles. The standard InChI is InChI=1S/C22H27NO5/c1-4-27-21(24)14-15-23(16-18-10-6-5-7-11-18)22(25)17(2)28-20-13-9-8-12-19(20)26-3/h5-13,17H,4,14-16H2,1-3H3. The van der Waals surface area contributed by atoms with Gasteiger partial charge in [0.2, 0.25) is 0 Å². The van der Waals surface area contributed by atoms with Crippen LogP contribution in [-0.2, 0) is 20.9 Å². The van der Waals surface area contributed by atoms with Crippen molar-refractivity contribution in [2.45, 2.75) is 32.9 Å². The van der Waals surface area contributed by atoms with Crippen molar-refractivity contribution >= 4 is 11.9 Å². The van der Waals surface area contributed by atoms with Gasteiger partial charge >= 0.3 is 5.97 Å². The van der Waals surface area contributed by atoms with Gasteiger partial charge in [0.05, 0.1) is 20.1 Å². The summed E-state index contributed by atoms with van der Waals surface area (Å²) in [5, 5.41) is 0. The van der Waals surface area contributed by atoms with Gasteiger partial charge in [0.15, 0.2) is 17.6 Å². The molecule has 2 aromatic carbocycles. The van der Waals surface area contributed by atoms with E-state index in [0.29, 0.717) is 24.7 Å². The predicted molar refractivity (Wildman–Crippen MR) is 106 cm³/mol. The van der Waals surface area contributed by atoms with Gasteiger partial charge in [-0.05, 0) is 31.5 Å². The van der Waals surface area contributed by atoms with Gasteiger partial charge in [-0.15, -0.1) is 0 Å². The topological polar surface area (TPSA) is 65.1 Å². The summed E-state index contributed by atoms with van der Waals surface area (Å²) in [7, 11) is 1.55. The molecule has 1 amide bonds. The van der Waals surface area contributed by atoms with Crippen LogP contribution in [-0.4, -0.2) is 43.1 Å². The predicted octanol–water partition coefficient (Wildman–Crippen LogP) is 3.44. The van der Waals surface area contributed by atoms with E-state index in [1.807, 2.05) is 42.5 Å². The monoisotopic (exact) mass is 385 g/mol. The second-order valence-electron chi connectivity index (χ2n) is 6.21. The van der Waals surface area contributed by atoms with E-state index >= 15 is 0 Å². The lowest BCUT2D eigenvalue weighted by Crippen LogP contribution is -2.41. The van der Waals surface area contributed by atoms with Gasteiger partial charge in [-0.1, -0.05) is 42.5 Å². The minimum Gasteiger partial charge on any atom is -0.493 e. The molecule has 0 aliphatic rings.